The van der Waals surface area contributed by atoms with Gasteiger partial charge in [-0.2, -0.15) is 0 Å². The maximum atomic E-state index is 12.6. The van der Waals surface area contributed by atoms with E-state index in [4.69, 9.17) is 4.74 Å². The summed E-state index contributed by atoms with van der Waals surface area (Å²) in [7, 11) is -3.72. The predicted molar refractivity (Wildman–Crippen MR) is 110 cm³/mol. The number of benzene rings is 1. The fourth-order valence-corrected chi connectivity index (χ4v) is 4.21. The first-order valence-electron chi connectivity index (χ1n) is 8.61. The first kappa shape index (κ1) is 20.3. The van der Waals surface area contributed by atoms with Gasteiger partial charge in [-0.1, -0.05) is 15.9 Å². The second-order valence-electron chi connectivity index (χ2n) is 5.70. The highest BCUT2D eigenvalue weighted by atomic mass is 79.9. The molecule has 0 atom stereocenters. The van der Waals surface area contributed by atoms with Gasteiger partial charge in [0, 0.05) is 36.0 Å². The number of nitrogens with zero attached hydrogens (tertiary/aromatic N) is 3. The van der Waals surface area contributed by atoms with Crippen LogP contribution in [0.1, 0.15) is 6.92 Å². The molecule has 2 aromatic heterocycles. The molecule has 3 rings (SSSR count). The molecule has 0 saturated carbocycles. The van der Waals surface area contributed by atoms with E-state index in [0.29, 0.717) is 29.2 Å². The molecule has 1 aromatic carbocycles. The highest BCUT2D eigenvalue weighted by molar-refractivity contribution is 9.10. The molecule has 0 aliphatic heterocycles. The number of hydrogen-bond acceptors (Lipinski definition) is 6. The van der Waals surface area contributed by atoms with E-state index < -0.39 is 10.0 Å². The van der Waals surface area contributed by atoms with Crippen molar-refractivity contribution in [3.8, 4) is 11.6 Å². The van der Waals surface area contributed by atoms with E-state index in [-0.39, 0.29) is 11.4 Å². The standard InChI is InChI=1S/C18H20BrN5O3S/c1-2-27-15-6-5-14(19)11-16(15)28(25,26)23-8-7-20-17-12-18(22-13-21-17)24-9-3-4-10-24/h3-6,9-13,23H,2,7-8H2,1H3,(H,20,21,22). The van der Waals surface area contributed by atoms with Crippen molar-refractivity contribution in [2.75, 3.05) is 25.0 Å². The van der Waals surface area contributed by atoms with Crippen LogP contribution in [0.25, 0.3) is 5.82 Å². The summed E-state index contributed by atoms with van der Waals surface area (Å²) in [6, 6.07) is 10.5. The summed E-state index contributed by atoms with van der Waals surface area (Å²) in [5.41, 5.74) is 0. The van der Waals surface area contributed by atoms with Gasteiger partial charge in [0.05, 0.1) is 6.61 Å². The van der Waals surface area contributed by atoms with Crippen LogP contribution in [0.3, 0.4) is 0 Å². The van der Waals surface area contributed by atoms with Gasteiger partial charge in [-0.3, -0.25) is 0 Å². The summed E-state index contributed by atoms with van der Waals surface area (Å²) < 4.78 is 35.8. The Labute approximate surface area is 172 Å². The predicted octanol–water partition coefficient (Wildman–Crippen LogP) is 2.82. The minimum absolute atomic E-state index is 0.0978. The molecule has 0 amide bonds. The Hall–Kier alpha value is -2.43. The molecule has 10 heteroatoms. The minimum atomic E-state index is -3.72. The topological polar surface area (TPSA) is 98.1 Å². The van der Waals surface area contributed by atoms with Crippen LogP contribution in [-0.4, -0.2) is 42.6 Å². The normalized spacial score (nSPS) is 11.4. The molecule has 0 fully saturated rings. The highest BCUT2D eigenvalue weighted by Crippen LogP contribution is 2.27. The third kappa shape index (κ3) is 5.09. The molecule has 3 aromatic rings. The molecule has 8 nitrogen and oxygen atoms in total. The van der Waals surface area contributed by atoms with Crippen LogP contribution < -0.4 is 14.8 Å². The number of rotatable bonds is 9. The van der Waals surface area contributed by atoms with Gasteiger partial charge < -0.3 is 14.6 Å². The molecule has 0 radical (unpaired) electrons. The van der Waals surface area contributed by atoms with Gasteiger partial charge in [-0.15, -0.1) is 0 Å². The quantitative estimate of drug-likeness (QED) is 0.471. The van der Waals surface area contributed by atoms with Crippen LogP contribution in [0, 0.1) is 0 Å². The number of ether oxygens (including phenoxy) is 1. The van der Waals surface area contributed by atoms with Crippen LogP contribution in [0.15, 0.2) is 64.5 Å². The van der Waals surface area contributed by atoms with Gasteiger partial charge in [0.1, 0.15) is 28.6 Å². The lowest BCUT2D eigenvalue weighted by Crippen LogP contribution is -2.29. The summed E-state index contributed by atoms with van der Waals surface area (Å²) in [6.45, 7) is 2.73. The molecular weight excluding hydrogens is 446 g/mol. The molecule has 2 N–H and O–H groups in total. The summed E-state index contributed by atoms with van der Waals surface area (Å²) >= 11 is 3.30. The van der Waals surface area contributed by atoms with Crippen LogP contribution in [0.2, 0.25) is 0 Å². The molecule has 0 aliphatic carbocycles. The number of aromatic nitrogens is 3. The van der Waals surface area contributed by atoms with Crippen molar-refractivity contribution in [3.05, 3.63) is 59.6 Å². The second-order valence-corrected chi connectivity index (χ2v) is 8.35. The molecule has 2 heterocycles. The van der Waals surface area contributed by atoms with Crippen molar-refractivity contribution in [1.82, 2.24) is 19.3 Å². The average molecular weight is 466 g/mol. The number of nitrogens with one attached hydrogen (secondary N) is 2. The smallest absolute Gasteiger partial charge is 0.244 e. The van der Waals surface area contributed by atoms with Crippen LogP contribution >= 0.6 is 15.9 Å². The van der Waals surface area contributed by atoms with Gasteiger partial charge in [-0.25, -0.2) is 23.1 Å². The maximum absolute atomic E-state index is 12.6. The first-order valence-corrected chi connectivity index (χ1v) is 10.9. The number of halogens is 1. The van der Waals surface area contributed by atoms with Crippen molar-refractivity contribution in [2.45, 2.75) is 11.8 Å². The Bertz CT molecular complexity index is 1030. The highest BCUT2D eigenvalue weighted by Gasteiger charge is 2.19. The number of hydrogen-bond donors (Lipinski definition) is 2. The monoisotopic (exact) mass is 465 g/mol. The fourth-order valence-electron chi connectivity index (χ4n) is 2.49. The molecular formula is C18H20BrN5O3S. The van der Waals surface area contributed by atoms with Crippen molar-refractivity contribution in [2.24, 2.45) is 0 Å². The van der Waals surface area contributed by atoms with E-state index >= 15 is 0 Å². The average Bonchev–Trinajstić information content (AvgIpc) is 3.22. The van der Waals surface area contributed by atoms with Gasteiger partial charge in [0.25, 0.3) is 0 Å². The third-order valence-electron chi connectivity index (χ3n) is 3.74. The summed E-state index contributed by atoms with van der Waals surface area (Å²) in [6.07, 6.45) is 5.22. The molecule has 28 heavy (non-hydrogen) atoms. The van der Waals surface area contributed by atoms with Crippen molar-refractivity contribution in [3.63, 3.8) is 0 Å². The molecule has 0 bridgehead atoms. The number of sulfonamides is 1. The Balaban J connectivity index is 1.61. The first-order chi connectivity index (χ1) is 13.5. The van der Waals surface area contributed by atoms with Crippen LogP contribution in [0.5, 0.6) is 5.75 Å². The van der Waals surface area contributed by atoms with E-state index in [1.807, 2.05) is 29.1 Å². The van der Waals surface area contributed by atoms with E-state index in [2.05, 4.69) is 35.9 Å². The fraction of sp³-hybridized carbons (Fsp3) is 0.222. The maximum Gasteiger partial charge on any atom is 0.244 e. The Morgan fingerprint density at radius 2 is 1.93 bits per heavy atom. The Morgan fingerprint density at radius 1 is 1.14 bits per heavy atom. The minimum Gasteiger partial charge on any atom is -0.492 e. The van der Waals surface area contributed by atoms with Gasteiger partial charge in [-0.05, 0) is 37.3 Å². The van der Waals surface area contributed by atoms with Gasteiger partial charge in [0.15, 0.2) is 0 Å². The molecule has 0 saturated heterocycles. The zero-order chi connectivity index (χ0) is 20.0. The van der Waals surface area contributed by atoms with E-state index in [0.717, 1.165) is 5.82 Å². The summed E-state index contributed by atoms with van der Waals surface area (Å²) in [5.74, 6) is 1.65. The van der Waals surface area contributed by atoms with Crippen LogP contribution in [0.4, 0.5) is 5.82 Å². The van der Waals surface area contributed by atoms with E-state index in [1.165, 1.54) is 12.4 Å². The van der Waals surface area contributed by atoms with Crippen molar-refractivity contribution < 1.29 is 13.2 Å². The largest absolute Gasteiger partial charge is 0.492 e. The molecule has 148 valence electrons. The lowest BCUT2D eigenvalue weighted by atomic mass is 10.3. The third-order valence-corrected chi connectivity index (χ3v) is 5.72. The zero-order valence-electron chi connectivity index (χ0n) is 15.2. The SMILES string of the molecule is CCOc1ccc(Br)cc1S(=O)(=O)NCCNc1cc(-n2cccc2)ncn1. The van der Waals surface area contributed by atoms with E-state index in [9.17, 15) is 8.42 Å². The second kappa shape index (κ2) is 9.18. The van der Waals surface area contributed by atoms with Gasteiger partial charge in [0.2, 0.25) is 10.0 Å². The summed E-state index contributed by atoms with van der Waals surface area (Å²) in [4.78, 5) is 8.46. The van der Waals surface area contributed by atoms with Crippen molar-refractivity contribution >= 4 is 31.8 Å². The lowest BCUT2D eigenvalue weighted by Gasteiger charge is -2.13. The van der Waals surface area contributed by atoms with E-state index in [1.54, 1.807) is 25.1 Å². The van der Waals surface area contributed by atoms with Crippen LogP contribution in [-0.2, 0) is 10.0 Å². The zero-order valence-corrected chi connectivity index (χ0v) is 17.6. The van der Waals surface area contributed by atoms with Crippen molar-refractivity contribution in [1.29, 1.82) is 0 Å². The van der Waals surface area contributed by atoms with Gasteiger partial charge >= 0.3 is 0 Å². The molecule has 0 unspecified atom stereocenters. The summed E-state index contributed by atoms with van der Waals surface area (Å²) in [5, 5.41) is 3.09. The molecule has 0 spiro atoms. The number of anilines is 1. The lowest BCUT2D eigenvalue weighted by molar-refractivity contribution is 0.331. The Morgan fingerprint density at radius 3 is 2.68 bits per heavy atom. The Kier molecular flexibility index (Phi) is 6.65. The molecule has 0 aliphatic rings.